The van der Waals surface area contributed by atoms with Crippen LogP contribution in [-0.4, -0.2) is 53.4 Å². The molecule has 1 aromatic rings. The van der Waals surface area contributed by atoms with E-state index in [0.717, 1.165) is 31.2 Å². The smallest absolute Gasteiger partial charge is 0.275 e. The standard InChI is InChI=1S/C21H28N4O3Si/c1-16-24-19(26)18-21(23-15-22-18,29(2,3)27)25(16)20(11-7-8-12-20)14-28-13-17-9-5-4-6-10-17/h4-6,9-10,15,27H,1,7-8,11-14H2,2-3H3,(H,24,26). The van der Waals surface area contributed by atoms with Crippen molar-refractivity contribution in [1.82, 2.24) is 10.2 Å². The van der Waals surface area contributed by atoms with E-state index in [9.17, 15) is 9.59 Å². The first-order valence-electron chi connectivity index (χ1n) is 10.1. The van der Waals surface area contributed by atoms with Crippen molar-refractivity contribution in [3.63, 3.8) is 0 Å². The van der Waals surface area contributed by atoms with Crippen LogP contribution in [-0.2, 0) is 16.1 Å². The third-order valence-electron chi connectivity index (χ3n) is 6.17. The van der Waals surface area contributed by atoms with Crippen LogP contribution >= 0.6 is 0 Å². The third kappa shape index (κ3) is 3.15. The number of rotatable bonds is 6. The van der Waals surface area contributed by atoms with Gasteiger partial charge in [0.15, 0.2) is 11.0 Å². The summed E-state index contributed by atoms with van der Waals surface area (Å²) in [6.45, 7) is 8.72. The number of aliphatic imine (C=N–C) groups is 2. The molecule has 3 aliphatic rings. The van der Waals surface area contributed by atoms with E-state index in [-0.39, 0.29) is 11.6 Å². The summed E-state index contributed by atoms with van der Waals surface area (Å²) in [6.07, 6.45) is 5.26. The van der Waals surface area contributed by atoms with Gasteiger partial charge in [-0.15, -0.1) is 0 Å². The summed E-state index contributed by atoms with van der Waals surface area (Å²) in [5, 5.41) is 1.67. The Morgan fingerprint density at radius 2 is 1.97 bits per heavy atom. The first-order chi connectivity index (χ1) is 13.8. The SMILES string of the molecule is C=C1NC(=O)C2=NC=NC2([Si](C)(C)O)N1C1(COCc2ccccc2)CCCC1. The molecule has 1 aliphatic carbocycles. The summed E-state index contributed by atoms with van der Waals surface area (Å²) in [4.78, 5) is 34.9. The average molecular weight is 413 g/mol. The summed E-state index contributed by atoms with van der Waals surface area (Å²) < 4.78 is 6.19. The van der Waals surface area contributed by atoms with Crippen LogP contribution in [0.1, 0.15) is 31.2 Å². The number of hydrogen-bond acceptors (Lipinski definition) is 6. The molecule has 1 saturated heterocycles. The molecule has 1 unspecified atom stereocenters. The predicted molar refractivity (Wildman–Crippen MR) is 115 cm³/mol. The number of fused-ring (bicyclic) bond motifs is 1. The Balaban J connectivity index is 1.69. The van der Waals surface area contributed by atoms with Gasteiger partial charge in [-0.05, 0) is 31.5 Å². The Kier molecular flexibility index (Phi) is 4.96. The molecular formula is C21H28N4O3Si. The lowest BCUT2D eigenvalue weighted by atomic mass is 9.93. The molecule has 1 aromatic carbocycles. The fourth-order valence-electron chi connectivity index (χ4n) is 4.89. The van der Waals surface area contributed by atoms with Gasteiger partial charge in [-0.25, -0.2) is 9.98 Å². The van der Waals surface area contributed by atoms with Crippen LogP contribution in [0.25, 0.3) is 0 Å². The lowest BCUT2D eigenvalue weighted by Crippen LogP contribution is -2.78. The Morgan fingerprint density at radius 1 is 1.28 bits per heavy atom. The maximum absolute atomic E-state index is 12.7. The minimum atomic E-state index is -3.05. The minimum Gasteiger partial charge on any atom is -0.427 e. The molecule has 8 heteroatoms. The van der Waals surface area contributed by atoms with Crippen molar-refractivity contribution in [2.24, 2.45) is 9.98 Å². The number of ether oxygens (including phenoxy) is 1. The van der Waals surface area contributed by atoms with Gasteiger partial charge < -0.3 is 19.7 Å². The van der Waals surface area contributed by atoms with Crippen molar-refractivity contribution >= 4 is 26.3 Å². The van der Waals surface area contributed by atoms with Crippen LogP contribution in [0.5, 0.6) is 0 Å². The normalized spacial score (nSPS) is 25.8. The van der Waals surface area contributed by atoms with E-state index < -0.39 is 19.1 Å². The zero-order valence-electron chi connectivity index (χ0n) is 17.0. The quantitative estimate of drug-likeness (QED) is 0.702. The molecule has 2 fully saturated rings. The van der Waals surface area contributed by atoms with E-state index in [1.807, 2.05) is 35.2 Å². The van der Waals surface area contributed by atoms with Gasteiger partial charge in [0.1, 0.15) is 12.2 Å². The monoisotopic (exact) mass is 412 g/mol. The largest absolute Gasteiger partial charge is 0.427 e. The van der Waals surface area contributed by atoms with Gasteiger partial charge in [-0.3, -0.25) is 4.79 Å². The molecule has 2 N–H and O–H groups in total. The maximum Gasteiger partial charge on any atom is 0.275 e. The van der Waals surface area contributed by atoms with Crippen LogP contribution < -0.4 is 5.32 Å². The second-order valence-corrected chi connectivity index (χ2v) is 12.4. The van der Waals surface area contributed by atoms with E-state index in [1.54, 1.807) is 13.1 Å². The second kappa shape index (κ2) is 7.19. The summed E-state index contributed by atoms with van der Waals surface area (Å²) in [6, 6.07) is 10.1. The average Bonchev–Trinajstić information content (AvgIpc) is 3.31. The van der Waals surface area contributed by atoms with Crippen molar-refractivity contribution in [1.29, 1.82) is 0 Å². The Labute approximate surface area is 172 Å². The van der Waals surface area contributed by atoms with Crippen molar-refractivity contribution < 1.29 is 14.3 Å². The maximum atomic E-state index is 12.7. The number of nitrogens with one attached hydrogen (secondary N) is 1. The molecule has 0 spiro atoms. The van der Waals surface area contributed by atoms with Crippen molar-refractivity contribution in [3.8, 4) is 0 Å². The zero-order chi connectivity index (χ0) is 20.7. The first-order valence-corrected chi connectivity index (χ1v) is 13.0. The summed E-state index contributed by atoms with van der Waals surface area (Å²) in [5.74, 6) is 0.129. The second-order valence-electron chi connectivity index (χ2n) is 8.60. The van der Waals surface area contributed by atoms with Gasteiger partial charge in [0, 0.05) is 0 Å². The number of nitrogens with zero attached hydrogens (tertiary/aromatic N) is 3. The summed E-state index contributed by atoms with van der Waals surface area (Å²) in [7, 11) is -3.05. The minimum absolute atomic E-state index is 0.262. The van der Waals surface area contributed by atoms with Crippen molar-refractivity contribution in [2.75, 3.05) is 6.61 Å². The molecule has 2 aliphatic heterocycles. The van der Waals surface area contributed by atoms with E-state index in [4.69, 9.17) is 4.74 Å². The molecule has 1 atom stereocenters. The fourth-order valence-corrected chi connectivity index (χ4v) is 6.94. The molecule has 0 aromatic heterocycles. The lowest BCUT2D eigenvalue weighted by molar-refractivity contribution is -0.117. The molecule has 2 heterocycles. The number of benzene rings is 1. The Hall–Kier alpha value is -2.29. The van der Waals surface area contributed by atoms with Crippen LogP contribution in [0.3, 0.4) is 0 Å². The van der Waals surface area contributed by atoms with Crippen molar-refractivity contribution in [3.05, 3.63) is 48.3 Å². The Morgan fingerprint density at radius 3 is 2.62 bits per heavy atom. The van der Waals surface area contributed by atoms with Gasteiger partial charge in [-0.1, -0.05) is 49.8 Å². The number of hydrogen-bond donors (Lipinski definition) is 2. The molecule has 0 radical (unpaired) electrons. The van der Waals surface area contributed by atoms with Gasteiger partial charge in [-0.2, -0.15) is 0 Å². The highest BCUT2D eigenvalue weighted by Gasteiger charge is 2.66. The van der Waals surface area contributed by atoms with Gasteiger partial charge in [0.25, 0.3) is 5.91 Å². The van der Waals surface area contributed by atoms with Gasteiger partial charge in [0.05, 0.1) is 18.8 Å². The number of amides is 1. The topological polar surface area (TPSA) is 86.5 Å². The van der Waals surface area contributed by atoms with Crippen LogP contribution in [0, 0.1) is 0 Å². The highest BCUT2D eigenvalue weighted by Crippen LogP contribution is 2.47. The lowest BCUT2D eigenvalue weighted by Gasteiger charge is -2.57. The van der Waals surface area contributed by atoms with Crippen molar-refractivity contribution in [2.45, 2.75) is 56.2 Å². The van der Waals surface area contributed by atoms with Gasteiger partial charge in [0.2, 0.25) is 8.32 Å². The molecule has 0 bridgehead atoms. The van der Waals surface area contributed by atoms with E-state index >= 15 is 0 Å². The van der Waals surface area contributed by atoms with E-state index in [2.05, 4.69) is 21.9 Å². The van der Waals surface area contributed by atoms with Crippen LogP contribution in [0.4, 0.5) is 0 Å². The van der Waals surface area contributed by atoms with E-state index in [1.165, 1.54) is 6.34 Å². The predicted octanol–water partition coefficient (Wildman–Crippen LogP) is 2.33. The molecule has 4 rings (SSSR count). The first kappa shape index (κ1) is 20.0. The number of carbonyl (C=O) groups excluding carboxylic acids is 1. The Bertz CT molecular complexity index is 872. The highest BCUT2D eigenvalue weighted by molar-refractivity contribution is 6.81. The molecular weight excluding hydrogens is 384 g/mol. The van der Waals surface area contributed by atoms with Crippen LogP contribution in [0.15, 0.2) is 52.7 Å². The summed E-state index contributed by atoms with van der Waals surface area (Å²) in [5.41, 5.74) is 0.965. The molecule has 1 saturated carbocycles. The molecule has 29 heavy (non-hydrogen) atoms. The van der Waals surface area contributed by atoms with Crippen LogP contribution in [0.2, 0.25) is 13.1 Å². The third-order valence-corrected chi connectivity index (χ3v) is 8.47. The number of carbonyl (C=O) groups is 1. The zero-order valence-corrected chi connectivity index (χ0v) is 18.0. The molecule has 154 valence electrons. The van der Waals surface area contributed by atoms with E-state index in [0.29, 0.717) is 19.0 Å². The molecule has 7 nitrogen and oxygen atoms in total. The molecule has 1 amide bonds. The summed E-state index contributed by atoms with van der Waals surface area (Å²) >= 11 is 0. The highest BCUT2D eigenvalue weighted by atomic mass is 28.4. The fraction of sp³-hybridized carbons (Fsp3) is 0.476. The van der Waals surface area contributed by atoms with Gasteiger partial charge >= 0.3 is 0 Å².